The largest absolute Gasteiger partial charge is 0.0533 e. The normalized spacial score (nSPS) is 24.0. The maximum Gasteiger partial charge on any atom is -0.0386 e. The fourth-order valence-electron chi connectivity index (χ4n) is 2.67. The average Bonchev–Trinajstić information content (AvgIpc) is 2.29. The van der Waals surface area contributed by atoms with Crippen LogP contribution in [0.3, 0.4) is 0 Å². The molecule has 1 saturated carbocycles. The Hall–Kier alpha value is 0. The van der Waals surface area contributed by atoms with E-state index in [0.29, 0.717) is 0 Å². The molecule has 0 heteroatoms. The minimum absolute atomic E-state index is 1.38. The van der Waals surface area contributed by atoms with Crippen LogP contribution in [0, 0.1) is 6.42 Å². The van der Waals surface area contributed by atoms with Gasteiger partial charge in [0.15, 0.2) is 0 Å². The number of rotatable bonds is 0. The molecule has 1 aliphatic carbocycles. The van der Waals surface area contributed by atoms with Gasteiger partial charge in [0.25, 0.3) is 0 Å². The van der Waals surface area contributed by atoms with Gasteiger partial charge in [0, 0.05) is 0 Å². The van der Waals surface area contributed by atoms with E-state index in [1.807, 2.05) is 0 Å². The maximum atomic E-state index is 2.53. The van der Waals surface area contributed by atoms with Crippen LogP contribution in [-0.2, 0) is 0 Å². The first-order chi connectivity index (χ1) is 8.00. The van der Waals surface area contributed by atoms with Crippen LogP contribution in [0.5, 0.6) is 0 Å². The predicted octanol–water partition coefficient (Wildman–Crippen LogP) is 6.06. The van der Waals surface area contributed by atoms with E-state index in [2.05, 4.69) is 6.42 Å². The number of hydrogen-bond acceptors (Lipinski definition) is 0. The van der Waals surface area contributed by atoms with Crippen molar-refractivity contribution in [3.63, 3.8) is 0 Å². The Bertz CT molecular complexity index is 64.0. The standard InChI is InChI=1S/C16H31/c1-2-4-6-8-10-12-14-16-15-13-11-9-7-5-3-1/h1H,2-16H2. The van der Waals surface area contributed by atoms with Crippen molar-refractivity contribution in [2.45, 2.75) is 96.3 Å². The summed E-state index contributed by atoms with van der Waals surface area (Å²) in [6.45, 7) is 0. The first-order valence-electron chi connectivity index (χ1n) is 7.82. The second-order valence-electron chi connectivity index (χ2n) is 5.46. The highest BCUT2D eigenvalue weighted by molar-refractivity contribution is 4.64. The molecule has 0 nitrogen and oxygen atoms in total. The summed E-state index contributed by atoms with van der Waals surface area (Å²) in [6.07, 6.45) is 24.5. The van der Waals surface area contributed by atoms with Crippen LogP contribution in [0.1, 0.15) is 96.3 Å². The molecule has 0 amide bonds. The van der Waals surface area contributed by atoms with Gasteiger partial charge in [0.05, 0.1) is 0 Å². The van der Waals surface area contributed by atoms with Gasteiger partial charge in [-0.25, -0.2) is 0 Å². The van der Waals surface area contributed by atoms with Gasteiger partial charge in [0.2, 0.25) is 0 Å². The van der Waals surface area contributed by atoms with Crippen molar-refractivity contribution in [2.75, 3.05) is 0 Å². The fraction of sp³-hybridized carbons (Fsp3) is 0.938. The van der Waals surface area contributed by atoms with Gasteiger partial charge in [-0.05, 0) is 6.42 Å². The molecule has 0 aromatic carbocycles. The van der Waals surface area contributed by atoms with Gasteiger partial charge in [-0.2, -0.15) is 0 Å². The molecule has 1 radical (unpaired) electrons. The van der Waals surface area contributed by atoms with Crippen LogP contribution >= 0.6 is 0 Å². The predicted molar refractivity (Wildman–Crippen MR) is 73.6 cm³/mol. The van der Waals surface area contributed by atoms with Gasteiger partial charge < -0.3 is 0 Å². The lowest BCUT2D eigenvalue weighted by molar-refractivity contribution is 0.526. The summed E-state index contributed by atoms with van der Waals surface area (Å²) in [4.78, 5) is 0. The first-order valence-corrected chi connectivity index (χ1v) is 7.82. The molecular weight excluding hydrogens is 192 g/mol. The Morgan fingerprint density at radius 1 is 0.312 bits per heavy atom. The Morgan fingerprint density at radius 2 is 0.562 bits per heavy atom. The Kier molecular flexibility index (Phi) is 10.1. The summed E-state index contributed by atoms with van der Waals surface area (Å²) >= 11 is 0. The number of hydrogen-bond donors (Lipinski definition) is 0. The minimum Gasteiger partial charge on any atom is -0.0533 e. The van der Waals surface area contributed by atoms with Gasteiger partial charge in [-0.3, -0.25) is 0 Å². The van der Waals surface area contributed by atoms with Crippen molar-refractivity contribution in [1.29, 1.82) is 0 Å². The molecule has 1 fully saturated rings. The van der Waals surface area contributed by atoms with Crippen LogP contribution in [-0.4, -0.2) is 0 Å². The van der Waals surface area contributed by atoms with Gasteiger partial charge in [0.1, 0.15) is 0 Å². The van der Waals surface area contributed by atoms with Crippen molar-refractivity contribution in [3.05, 3.63) is 6.42 Å². The second-order valence-corrected chi connectivity index (χ2v) is 5.46. The van der Waals surface area contributed by atoms with Crippen LogP contribution in [0.15, 0.2) is 0 Å². The first kappa shape index (κ1) is 14.1. The lowest BCUT2D eigenvalue weighted by Gasteiger charge is -2.05. The highest BCUT2D eigenvalue weighted by Gasteiger charge is 1.96. The highest BCUT2D eigenvalue weighted by atomic mass is 14.0. The molecule has 0 aromatic rings. The Labute approximate surface area is 103 Å². The lowest BCUT2D eigenvalue weighted by Crippen LogP contribution is -1.86. The van der Waals surface area contributed by atoms with E-state index in [1.54, 1.807) is 0 Å². The summed E-state index contributed by atoms with van der Waals surface area (Å²) in [7, 11) is 0. The van der Waals surface area contributed by atoms with Gasteiger partial charge in [-0.15, -0.1) is 0 Å². The molecule has 0 bridgehead atoms. The molecule has 0 saturated heterocycles. The maximum absolute atomic E-state index is 2.53. The van der Waals surface area contributed by atoms with Gasteiger partial charge >= 0.3 is 0 Å². The molecule has 1 rings (SSSR count). The fourth-order valence-corrected chi connectivity index (χ4v) is 2.67. The van der Waals surface area contributed by atoms with E-state index in [1.165, 1.54) is 96.3 Å². The molecule has 95 valence electrons. The minimum atomic E-state index is 1.38. The molecule has 1 aliphatic rings. The van der Waals surface area contributed by atoms with Crippen molar-refractivity contribution >= 4 is 0 Å². The smallest absolute Gasteiger partial charge is 0.0386 e. The summed E-state index contributed by atoms with van der Waals surface area (Å²) in [5, 5.41) is 0. The van der Waals surface area contributed by atoms with Crippen LogP contribution in [0.4, 0.5) is 0 Å². The highest BCUT2D eigenvalue weighted by Crippen LogP contribution is 2.15. The van der Waals surface area contributed by atoms with Gasteiger partial charge in [-0.1, -0.05) is 96.3 Å². The molecule has 0 heterocycles. The van der Waals surface area contributed by atoms with E-state index in [0.717, 1.165) is 0 Å². The third-order valence-corrected chi connectivity index (χ3v) is 3.82. The lowest BCUT2D eigenvalue weighted by atomic mass is 10.0. The van der Waals surface area contributed by atoms with E-state index in [4.69, 9.17) is 0 Å². The molecule has 0 N–H and O–H groups in total. The molecule has 0 atom stereocenters. The van der Waals surface area contributed by atoms with Crippen molar-refractivity contribution in [1.82, 2.24) is 0 Å². The summed E-state index contributed by atoms with van der Waals surface area (Å²) in [5.74, 6) is 0. The topological polar surface area (TPSA) is 0 Å². The molecular formula is C16H31. The molecule has 0 aromatic heterocycles. The quantitative estimate of drug-likeness (QED) is 0.468. The van der Waals surface area contributed by atoms with Crippen LogP contribution in [0.25, 0.3) is 0 Å². The molecule has 16 heavy (non-hydrogen) atoms. The van der Waals surface area contributed by atoms with E-state index in [-0.39, 0.29) is 0 Å². The monoisotopic (exact) mass is 223 g/mol. The van der Waals surface area contributed by atoms with Crippen LogP contribution in [0.2, 0.25) is 0 Å². The SMILES string of the molecule is [CH]1CCCCCCCCCCCCCCC1. The van der Waals surface area contributed by atoms with Crippen molar-refractivity contribution < 1.29 is 0 Å². The second kappa shape index (κ2) is 11.5. The van der Waals surface area contributed by atoms with E-state index < -0.39 is 0 Å². The third kappa shape index (κ3) is 9.24. The molecule has 0 unspecified atom stereocenters. The van der Waals surface area contributed by atoms with E-state index in [9.17, 15) is 0 Å². The summed E-state index contributed by atoms with van der Waals surface area (Å²) in [5.41, 5.74) is 0. The summed E-state index contributed by atoms with van der Waals surface area (Å²) in [6, 6.07) is 0. The van der Waals surface area contributed by atoms with Crippen molar-refractivity contribution in [2.24, 2.45) is 0 Å². The van der Waals surface area contributed by atoms with E-state index >= 15 is 0 Å². The van der Waals surface area contributed by atoms with Crippen LogP contribution < -0.4 is 0 Å². The summed E-state index contributed by atoms with van der Waals surface area (Å²) < 4.78 is 0. The zero-order valence-corrected chi connectivity index (χ0v) is 11.2. The molecule has 0 spiro atoms. The third-order valence-electron chi connectivity index (χ3n) is 3.82. The average molecular weight is 223 g/mol. The molecule has 0 aliphatic heterocycles. The Balaban J connectivity index is 2.00. The zero-order valence-electron chi connectivity index (χ0n) is 11.2. The van der Waals surface area contributed by atoms with Crippen molar-refractivity contribution in [3.8, 4) is 0 Å². The zero-order chi connectivity index (χ0) is 11.3. The Morgan fingerprint density at radius 3 is 0.875 bits per heavy atom.